The number of carbonyl (C=O) groups is 3. The molecule has 12 nitrogen and oxygen atoms in total. The summed E-state index contributed by atoms with van der Waals surface area (Å²) in [5, 5.41) is 25.4. The zero-order chi connectivity index (χ0) is 23.7. The number of rotatable bonds is 7. The van der Waals surface area contributed by atoms with Gasteiger partial charge in [0.25, 0.3) is 11.8 Å². The Bertz CT molecular complexity index is 1220. The van der Waals surface area contributed by atoms with Crippen LogP contribution in [0.1, 0.15) is 10.6 Å². The second-order valence-corrected chi connectivity index (χ2v) is 9.50. The van der Waals surface area contributed by atoms with Crippen LogP contribution in [0.2, 0.25) is 0 Å². The number of aromatic nitrogens is 2. The predicted molar refractivity (Wildman–Crippen MR) is 122 cm³/mol. The molecule has 0 saturated carbocycles. The molecule has 2 aliphatic heterocycles. The molecule has 4 heterocycles. The number of β-lactam (4-membered cyclic amide) rings is 1. The Hall–Kier alpha value is -3.43. The second-order valence-electron chi connectivity index (χ2n) is 6.66. The van der Waals surface area contributed by atoms with Crippen LogP contribution in [-0.4, -0.2) is 72.3 Å². The van der Waals surface area contributed by atoms with Crippen molar-refractivity contribution in [3.8, 4) is 5.88 Å². The summed E-state index contributed by atoms with van der Waals surface area (Å²) >= 11 is 3.55. The van der Waals surface area contributed by atoms with Gasteiger partial charge in [0.05, 0.1) is 12.0 Å². The Labute approximate surface area is 198 Å². The van der Waals surface area contributed by atoms with Crippen molar-refractivity contribution in [1.29, 1.82) is 0 Å². The first kappa shape index (κ1) is 22.8. The zero-order valence-electron chi connectivity index (χ0n) is 16.8. The summed E-state index contributed by atoms with van der Waals surface area (Å²) in [7, 11) is 1.50. The number of thiazole rings is 1. The topological polar surface area (TPSA) is 180 Å². The molecule has 0 bridgehead atoms. The van der Waals surface area contributed by atoms with Crippen LogP contribution in [0.25, 0.3) is 6.08 Å². The number of carboxylic acid groups (broad SMARTS) is 1. The summed E-state index contributed by atoms with van der Waals surface area (Å²) in [5.74, 6) is -1.91. The average Bonchev–Trinajstić information content (AvgIpc) is 3.44. The van der Waals surface area contributed by atoms with Gasteiger partial charge in [-0.2, -0.15) is 4.37 Å². The Morgan fingerprint density at radius 1 is 1.42 bits per heavy atom. The van der Waals surface area contributed by atoms with Crippen LogP contribution in [0.3, 0.4) is 0 Å². The van der Waals surface area contributed by atoms with E-state index in [0.717, 1.165) is 21.1 Å². The molecule has 0 spiro atoms. The molecule has 15 heteroatoms. The number of carbonyl (C=O) groups excluding carboxylic acids is 2. The fraction of sp³-hybridized carbons (Fsp3) is 0.222. The minimum absolute atomic E-state index is 0.0654. The lowest BCUT2D eigenvalue weighted by Crippen LogP contribution is -2.71. The zero-order valence-corrected chi connectivity index (χ0v) is 19.2. The van der Waals surface area contributed by atoms with Crippen molar-refractivity contribution in [1.82, 2.24) is 19.6 Å². The number of amides is 2. The number of nitrogens with two attached hydrogens (primary N) is 1. The second kappa shape index (κ2) is 9.21. The molecule has 0 aliphatic carbocycles. The van der Waals surface area contributed by atoms with E-state index in [1.807, 2.05) is 0 Å². The van der Waals surface area contributed by atoms with Gasteiger partial charge in [-0.15, -0.1) is 23.1 Å². The molecule has 2 atom stereocenters. The van der Waals surface area contributed by atoms with Gasteiger partial charge in [0.15, 0.2) is 10.8 Å². The standard InChI is InChI=1S/C18H16N6O6S3/c1-30-10-4-8(33-23-10)3-2-7-5-31-16-12(15(26)24(16)13(7)17(27)28)21-14(25)11(22-29)9-6-32-18(19)20-9/h2-4,6,12,16,29H,5H2,1H3,(H2,19,20)(H,21,25)(H,27,28)/b3-2+,22-11-/t12-,16-/m1/s1. The van der Waals surface area contributed by atoms with Crippen LogP contribution >= 0.6 is 34.6 Å². The molecule has 2 amide bonds. The molecule has 172 valence electrons. The van der Waals surface area contributed by atoms with E-state index < -0.39 is 34.9 Å². The molecule has 33 heavy (non-hydrogen) atoms. The SMILES string of the molecule is COc1cc(/C=C/C2=C(C(=O)O)N3C(=O)[C@@H](NC(=O)/C(=N\O)c4csc(N)n4)[C@H]3SC2)sn1. The van der Waals surface area contributed by atoms with Crippen molar-refractivity contribution < 1.29 is 29.4 Å². The van der Waals surface area contributed by atoms with Gasteiger partial charge in [0, 0.05) is 17.2 Å². The minimum atomic E-state index is -1.25. The number of thioether (sulfide) groups is 1. The van der Waals surface area contributed by atoms with Crippen molar-refractivity contribution in [2.45, 2.75) is 11.4 Å². The smallest absolute Gasteiger partial charge is 0.352 e. The third kappa shape index (κ3) is 4.29. The molecule has 0 aromatic carbocycles. The van der Waals surface area contributed by atoms with E-state index in [-0.39, 0.29) is 16.5 Å². The molecule has 5 N–H and O–H groups in total. The van der Waals surface area contributed by atoms with Crippen LogP contribution < -0.4 is 15.8 Å². The third-order valence-corrected chi connectivity index (χ3v) is 7.44. The van der Waals surface area contributed by atoms with E-state index in [0.29, 0.717) is 17.2 Å². The summed E-state index contributed by atoms with van der Waals surface area (Å²) < 4.78 is 9.10. The van der Waals surface area contributed by atoms with Gasteiger partial charge in [-0.3, -0.25) is 14.5 Å². The molecule has 1 saturated heterocycles. The first-order valence-corrected chi connectivity index (χ1v) is 11.9. The Morgan fingerprint density at radius 3 is 2.82 bits per heavy atom. The van der Waals surface area contributed by atoms with E-state index >= 15 is 0 Å². The Morgan fingerprint density at radius 2 is 2.21 bits per heavy atom. The maximum absolute atomic E-state index is 12.8. The molecule has 2 aromatic rings. The van der Waals surface area contributed by atoms with Crippen molar-refractivity contribution >= 4 is 69.3 Å². The minimum Gasteiger partial charge on any atom is -0.480 e. The number of hydrogen-bond donors (Lipinski definition) is 4. The number of allylic oxidation sites excluding steroid dienone is 1. The van der Waals surface area contributed by atoms with Gasteiger partial charge in [0.1, 0.15) is 22.8 Å². The fourth-order valence-electron chi connectivity index (χ4n) is 3.22. The van der Waals surface area contributed by atoms with Gasteiger partial charge in [-0.05, 0) is 23.2 Å². The fourth-order valence-corrected chi connectivity index (χ4v) is 5.69. The quantitative estimate of drug-likeness (QED) is 0.181. The lowest BCUT2D eigenvalue weighted by Gasteiger charge is -2.49. The number of fused-ring (bicyclic) bond motifs is 1. The molecule has 1 fully saturated rings. The highest BCUT2D eigenvalue weighted by Crippen LogP contribution is 2.41. The summed E-state index contributed by atoms with van der Waals surface area (Å²) in [6.45, 7) is 0. The molecule has 0 radical (unpaired) electrons. The number of methoxy groups -OCH3 is 1. The van der Waals surface area contributed by atoms with Crippen LogP contribution in [-0.2, 0) is 14.4 Å². The van der Waals surface area contributed by atoms with Gasteiger partial charge < -0.3 is 26.1 Å². The molecular weight excluding hydrogens is 492 g/mol. The van der Waals surface area contributed by atoms with Crippen molar-refractivity contribution in [3.05, 3.63) is 39.4 Å². The first-order chi connectivity index (χ1) is 15.8. The van der Waals surface area contributed by atoms with Crippen LogP contribution in [0.15, 0.2) is 33.9 Å². The molecule has 4 rings (SSSR count). The first-order valence-electron chi connectivity index (χ1n) is 9.18. The number of anilines is 1. The lowest BCUT2D eigenvalue weighted by atomic mass is 10.0. The molecular formula is C18H16N6O6S3. The maximum Gasteiger partial charge on any atom is 0.352 e. The van der Waals surface area contributed by atoms with Crippen LogP contribution in [0.5, 0.6) is 5.88 Å². The van der Waals surface area contributed by atoms with E-state index in [2.05, 4.69) is 19.8 Å². The highest BCUT2D eigenvalue weighted by atomic mass is 32.2. The third-order valence-electron chi connectivity index (χ3n) is 4.73. The van der Waals surface area contributed by atoms with E-state index in [1.54, 1.807) is 18.2 Å². The number of oxime groups is 1. The molecule has 2 aromatic heterocycles. The number of nitrogens with one attached hydrogen (secondary N) is 1. The average molecular weight is 509 g/mol. The van der Waals surface area contributed by atoms with Crippen molar-refractivity contribution in [3.63, 3.8) is 0 Å². The van der Waals surface area contributed by atoms with E-state index in [4.69, 9.17) is 10.5 Å². The number of hydrogen-bond acceptors (Lipinski definition) is 12. The predicted octanol–water partition coefficient (Wildman–Crippen LogP) is 0.821. The number of carboxylic acids is 1. The summed E-state index contributed by atoms with van der Waals surface area (Å²) in [5.41, 5.74) is 5.52. The van der Waals surface area contributed by atoms with Crippen LogP contribution in [0, 0.1) is 0 Å². The van der Waals surface area contributed by atoms with Crippen molar-refractivity contribution in [2.24, 2.45) is 5.16 Å². The van der Waals surface area contributed by atoms with Crippen LogP contribution in [0.4, 0.5) is 5.13 Å². The highest BCUT2D eigenvalue weighted by Gasteiger charge is 2.54. The number of nitrogens with zero attached hydrogens (tertiary/aromatic N) is 4. The Balaban J connectivity index is 1.51. The molecule has 2 aliphatic rings. The normalized spacial score (nSPS) is 20.6. The molecule has 0 unspecified atom stereocenters. The number of nitrogen functional groups attached to an aromatic ring is 1. The van der Waals surface area contributed by atoms with Gasteiger partial charge in [-0.1, -0.05) is 11.2 Å². The Kier molecular flexibility index (Phi) is 6.35. The number of ether oxygens (including phenoxy) is 1. The summed E-state index contributed by atoms with van der Waals surface area (Å²) in [4.78, 5) is 43.1. The largest absolute Gasteiger partial charge is 0.480 e. The van der Waals surface area contributed by atoms with Gasteiger partial charge >= 0.3 is 5.97 Å². The van der Waals surface area contributed by atoms with Crippen molar-refractivity contribution in [2.75, 3.05) is 18.6 Å². The highest BCUT2D eigenvalue weighted by molar-refractivity contribution is 8.00. The number of aliphatic carboxylic acids is 1. The van der Waals surface area contributed by atoms with Gasteiger partial charge in [0.2, 0.25) is 5.88 Å². The lowest BCUT2D eigenvalue weighted by molar-refractivity contribution is -0.150. The van der Waals surface area contributed by atoms with Gasteiger partial charge in [-0.25, -0.2) is 9.78 Å². The monoisotopic (exact) mass is 508 g/mol. The summed E-state index contributed by atoms with van der Waals surface area (Å²) in [6, 6.07) is 0.721. The summed E-state index contributed by atoms with van der Waals surface area (Å²) in [6.07, 6.45) is 3.33. The van der Waals surface area contributed by atoms with E-state index in [1.165, 1.54) is 35.8 Å². The van der Waals surface area contributed by atoms with E-state index in [9.17, 15) is 24.7 Å². The maximum atomic E-state index is 12.8.